The zero-order valence-electron chi connectivity index (χ0n) is 11.3. The highest BCUT2D eigenvalue weighted by molar-refractivity contribution is 7.92. The van der Waals surface area contributed by atoms with Crippen LogP contribution in [0.3, 0.4) is 0 Å². The average molecular weight is 292 g/mol. The number of nitrogens with zero attached hydrogens (tertiary/aromatic N) is 2. The normalized spacial score (nSPS) is 11.1. The van der Waals surface area contributed by atoms with Crippen LogP contribution in [0.2, 0.25) is 0 Å². The summed E-state index contributed by atoms with van der Waals surface area (Å²) in [6.07, 6.45) is 1.45. The summed E-state index contributed by atoms with van der Waals surface area (Å²) in [5, 5.41) is 2.97. The van der Waals surface area contributed by atoms with Crippen LogP contribution in [0.15, 0.2) is 41.4 Å². The Hall–Kier alpha value is -2.15. The molecule has 106 valence electrons. The lowest BCUT2D eigenvalue weighted by atomic mass is 10.4. The Morgan fingerprint density at radius 1 is 1.20 bits per heavy atom. The van der Waals surface area contributed by atoms with Gasteiger partial charge in [0.1, 0.15) is 11.6 Å². The third kappa shape index (κ3) is 3.45. The number of sulfonamides is 1. The van der Waals surface area contributed by atoms with Crippen molar-refractivity contribution in [1.29, 1.82) is 0 Å². The van der Waals surface area contributed by atoms with Gasteiger partial charge < -0.3 is 5.32 Å². The second kappa shape index (κ2) is 5.87. The van der Waals surface area contributed by atoms with Gasteiger partial charge in [-0.05, 0) is 32.0 Å². The molecule has 0 bridgehead atoms. The Labute approximate surface area is 118 Å². The predicted molar refractivity (Wildman–Crippen MR) is 78.2 cm³/mol. The van der Waals surface area contributed by atoms with E-state index < -0.39 is 10.0 Å². The van der Waals surface area contributed by atoms with E-state index >= 15 is 0 Å². The van der Waals surface area contributed by atoms with Crippen LogP contribution in [0.4, 0.5) is 11.6 Å². The highest BCUT2D eigenvalue weighted by atomic mass is 32.2. The van der Waals surface area contributed by atoms with E-state index in [1.807, 2.05) is 6.92 Å². The monoisotopic (exact) mass is 292 g/mol. The maximum atomic E-state index is 12.3. The lowest BCUT2D eigenvalue weighted by Crippen LogP contribution is -2.14. The van der Waals surface area contributed by atoms with Crippen molar-refractivity contribution in [1.82, 2.24) is 9.97 Å². The number of hydrogen-bond donors (Lipinski definition) is 2. The molecule has 0 fully saturated rings. The van der Waals surface area contributed by atoms with Gasteiger partial charge in [-0.1, -0.05) is 6.07 Å². The molecular formula is C13H16N4O2S. The lowest BCUT2D eigenvalue weighted by molar-refractivity contribution is 0.601. The number of pyridine rings is 2. The molecular weight excluding hydrogens is 276 g/mol. The van der Waals surface area contributed by atoms with Crippen molar-refractivity contribution in [2.45, 2.75) is 18.7 Å². The summed E-state index contributed by atoms with van der Waals surface area (Å²) < 4.78 is 27.0. The van der Waals surface area contributed by atoms with Crippen LogP contribution in [0.25, 0.3) is 0 Å². The SMILES string of the molecule is CCNc1cc(S(=O)(=O)Nc2cccc(C)n2)ccn1. The molecule has 0 amide bonds. The lowest BCUT2D eigenvalue weighted by Gasteiger charge is -2.09. The average Bonchev–Trinajstić information content (AvgIpc) is 2.39. The topological polar surface area (TPSA) is 84.0 Å². The summed E-state index contributed by atoms with van der Waals surface area (Å²) in [5.74, 6) is 0.819. The van der Waals surface area contributed by atoms with Gasteiger partial charge in [0.15, 0.2) is 0 Å². The van der Waals surface area contributed by atoms with Gasteiger partial charge in [-0.25, -0.2) is 18.4 Å². The van der Waals surface area contributed by atoms with E-state index in [0.29, 0.717) is 18.2 Å². The van der Waals surface area contributed by atoms with Gasteiger partial charge in [-0.2, -0.15) is 0 Å². The van der Waals surface area contributed by atoms with Crippen LogP contribution in [0, 0.1) is 6.92 Å². The van der Waals surface area contributed by atoms with E-state index in [9.17, 15) is 8.42 Å². The molecule has 2 aromatic heterocycles. The molecule has 20 heavy (non-hydrogen) atoms. The fourth-order valence-corrected chi connectivity index (χ4v) is 2.67. The van der Waals surface area contributed by atoms with E-state index in [1.54, 1.807) is 25.1 Å². The molecule has 2 rings (SSSR count). The Morgan fingerprint density at radius 3 is 2.70 bits per heavy atom. The number of aromatic nitrogens is 2. The number of hydrogen-bond acceptors (Lipinski definition) is 5. The smallest absolute Gasteiger partial charge is 0.263 e. The third-order valence-corrected chi connectivity index (χ3v) is 3.88. The highest BCUT2D eigenvalue weighted by Crippen LogP contribution is 2.16. The van der Waals surface area contributed by atoms with Gasteiger partial charge in [0, 0.05) is 24.5 Å². The van der Waals surface area contributed by atoms with Crippen molar-refractivity contribution in [3.05, 3.63) is 42.2 Å². The fraction of sp³-hybridized carbons (Fsp3) is 0.231. The summed E-state index contributed by atoms with van der Waals surface area (Å²) in [4.78, 5) is 8.31. The first-order valence-electron chi connectivity index (χ1n) is 6.17. The Balaban J connectivity index is 2.28. The first kappa shape index (κ1) is 14.3. The molecule has 0 radical (unpaired) electrons. The molecule has 2 heterocycles. The molecule has 0 aliphatic rings. The molecule has 6 nitrogen and oxygen atoms in total. The number of nitrogens with one attached hydrogen (secondary N) is 2. The van der Waals surface area contributed by atoms with Gasteiger partial charge in [0.25, 0.3) is 10.0 Å². The molecule has 0 saturated heterocycles. The predicted octanol–water partition coefficient (Wildman–Crippen LogP) is 2.02. The standard InChI is InChI=1S/C13H16N4O2S/c1-3-14-13-9-11(7-8-15-13)20(18,19)17-12-6-4-5-10(2)16-12/h4-9H,3H2,1-2H3,(H,14,15)(H,16,17). The molecule has 2 aromatic rings. The first-order valence-corrected chi connectivity index (χ1v) is 7.66. The Bertz CT molecular complexity index is 701. The molecule has 2 N–H and O–H groups in total. The van der Waals surface area contributed by atoms with E-state index in [2.05, 4.69) is 20.0 Å². The van der Waals surface area contributed by atoms with Gasteiger partial charge in [0.2, 0.25) is 0 Å². The second-order valence-corrected chi connectivity index (χ2v) is 5.86. The summed E-state index contributed by atoms with van der Waals surface area (Å²) in [5.41, 5.74) is 0.744. The fourth-order valence-electron chi connectivity index (χ4n) is 1.65. The van der Waals surface area contributed by atoms with Gasteiger partial charge in [-0.3, -0.25) is 4.72 Å². The van der Waals surface area contributed by atoms with Crippen LogP contribution >= 0.6 is 0 Å². The maximum absolute atomic E-state index is 12.3. The van der Waals surface area contributed by atoms with Crippen LogP contribution in [0.1, 0.15) is 12.6 Å². The largest absolute Gasteiger partial charge is 0.370 e. The van der Waals surface area contributed by atoms with Gasteiger partial charge >= 0.3 is 0 Å². The van der Waals surface area contributed by atoms with Crippen LogP contribution in [-0.4, -0.2) is 24.9 Å². The minimum Gasteiger partial charge on any atom is -0.370 e. The summed E-state index contributed by atoms with van der Waals surface area (Å²) in [7, 11) is -3.66. The van der Waals surface area contributed by atoms with Crippen LogP contribution in [0.5, 0.6) is 0 Å². The second-order valence-electron chi connectivity index (χ2n) is 4.18. The van der Waals surface area contributed by atoms with Crippen molar-refractivity contribution >= 4 is 21.7 Å². The Kier molecular flexibility index (Phi) is 4.19. The number of aryl methyl sites for hydroxylation is 1. The van der Waals surface area contributed by atoms with Crippen molar-refractivity contribution in [3.63, 3.8) is 0 Å². The molecule has 0 aromatic carbocycles. The van der Waals surface area contributed by atoms with Crippen LogP contribution < -0.4 is 10.0 Å². The summed E-state index contributed by atoms with van der Waals surface area (Å²) in [6, 6.07) is 8.09. The molecule has 0 atom stereocenters. The van der Waals surface area contributed by atoms with E-state index in [4.69, 9.17) is 0 Å². The van der Waals surface area contributed by atoms with E-state index in [-0.39, 0.29) is 4.90 Å². The number of rotatable bonds is 5. The van der Waals surface area contributed by atoms with Crippen molar-refractivity contribution in [2.75, 3.05) is 16.6 Å². The van der Waals surface area contributed by atoms with E-state index in [1.165, 1.54) is 18.3 Å². The maximum Gasteiger partial charge on any atom is 0.263 e. The molecule has 0 unspecified atom stereocenters. The summed E-state index contributed by atoms with van der Waals surface area (Å²) in [6.45, 7) is 4.38. The molecule has 0 aliphatic carbocycles. The van der Waals surface area contributed by atoms with Crippen molar-refractivity contribution < 1.29 is 8.42 Å². The highest BCUT2D eigenvalue weighted by Gasteiger charge is 2.15. The zero-order valence-corrected chi connectivity index (χ0v) is 12.1. The van der Waals surface area contributed by atoms with Gasteiger partial charge in [0.05, 0.1) is 4.90 Å². The zero-order chi connectivity index (χ0) is 14.6. The summed E-state index contributed by atoms with van der Waals surface area (Å²) >= 11 is 0. The van der Waals surface area contributed by atoms with E-state index in [0.717, 1.165) is 5.69 Å². The minimum absolute atomic E-state index is 0.145. The molecule has 7 heteroatoms. The quantitative estimate of drug-likeness (QED) is 0.880. The third-order valence-electron chi connectivity index (χ3n) is 2.53. The molecule has 0 saturated carbocycles. The first-order chi connectivity index (χ1) is 9.51. The van der Waals surface area contributed by atoms with Crippen molar-refractivity contribution in [3.8, 4) is 0 Å². The number of anilines is 2. The minimum atomic E-state index is -3.66. The Morgan fingerprint density at radius 2 is 2.00 bits per heavy atom. The van der Waals surface area contributed by atoms with Crippen molar-refractivity contribution in [2.24, 2.45) is 0 Å². The van der Waals surface area contributed by atoms with Gasteiger partial charge in [-0.15, -0.1) is 0 Å². The molecule has 0 aliphatic heterocycles. The van der Waals surface area contributed by atoms with Crippen LogP contribution in [-0.2, 0) is 10.0 Å². The molecule has 0 spiro atoms.